The molecule has 1 unspecified atom stereocenters. The standard InChI is InChI=1S/C10H17NO/c1-10(2)5-4-9(12)8(6-10)7-11-3/h4-5,8,11H,6-7H2,1-3H3. The molecule has 0 bridgehead atoms. The van der Waals surface area contributed by atoms with Gasteiger partial charge in [0.15, 0.2) is 5.78 Å². The number of hydrogen-bond acceptors (Lipinski definition) is 2. The van der Waals surface area contributed by atoms with E-state index in [1.807, 2.05) is 13.1 Å². The van der Waals surface area contributed by atoms with Gasteiger partial charge in [-0.05, 0) is 25.0 Å². The Labute approximate surface area is 74.0 Å². The maximum Gasteiger partial charge on any atom is 0.159 e. The molecular weight excluding hydrogens is 150 g/mol. The van der Waals surface area contributed by atoms with Gasteiger partial charge in [0.05, 0.1) is 0 Å². The molecule has 0 spiro atoms. The minimum atomic E-state index is 0.176. The topological polar surface area (TPSA) is 29.1 Å². The molecule has 1 aliphatic rings. The molecule has 1 rings (SSSR count). The molecule has 0 aromatic heterocycles. The van der Waals surface area contributed by atoms with Crippen LogP contribution in [0.2, 0.25) is 0 Å². The van der Waals surface area contributed by atoms with Crippen molar-refractivity contribution in [2.45, 2.75) is 20.3 Å². The summed E-state index contributed by atoms with van der Waals surface area (Å²) < 4.78 is 0. The molecule has 0 saturated carbocycles. The smallest absolute Gasteiger partial charge is 0.159 e. The van der Waals surface area contributed by atoms with Crippen LogP contribution in [0.15, 0.2) is 12.2 Å². The Morgan fingerprint density at radius 1 is 1.67 bits per heavy atom. The van der Waals surface area contributed by atoms with Crippen molar-refractivity contribution >= 4 is 5.78 Å². The van der Waals surface area contributed by atoms with Crippen LogP contribution < -0.4 is 5.32 Å². The van der Waals surface area contributed by atoms with E-state index < -0.39 is 0 Å². The monoisotopic (exact) mass is 167 g/mol. The van der Waals surface area contributed by atoms with Crippen molar-refractivity contribution in [3.8, 4) is 0 Å². The molecule has 12 heavy (non-hydrogen) atoms. The minimum Gasteiger partial charge on any atom is -0.319 e. The predicted molar refractivity (Wildman–Crippen MR) is 50.0 cm³/mol. The number of carbonyl (C=O) groups is 1. The SMILES string of the molecule is CNCC1CC(C)(C)C=CC1=O. The van der Waals surface area contributed by atoms with Crippen molar-refractivity contribution < 1.29 is 4.79 Å². The molecule has 0 aliphatic heterocycles. The molecule has 0 amide bonds. The number of ketones is 1. The van der Waals surface area contributed by atoms with Crippen molar-refractivity contribution in [1.82, 2.24) is 5.32 Å². The summed E-state index contributed by atoms with van der Waals surface area (Å²) in [5.41, 5.74) is 0.190. The maximum absolute atomic E-state index is 11.3. The fourth-order valence-corrected chi connectivity index (χ4v) is 1.67. The lowest BCUT2D eigenvalue weighted by molar-refractivity contribution is -0.119. The number of carbonyl (C=O) groups excluding carboxylic acids is 1. The molecule has 0 radical (unpaired) electrons. The Kier molecular flexibility index (Phi) is 2.68. The molecule has 2 heteroatoms. The Bertz CT molecular complexity index is 206. The third-order valence-electron chi connectivity index (χ3n) is 2.32. The summed E-state index contributed by atoms with van der Waals surface area (Å²) in [5, 5.41) is 3.05. The minimum absolute atomic E-state index is 0.176. The third kappa shape index (κ3) is 2.18. The van der Waals surface area contributed by atoms with E-state index >= 15 is 0 Å². The molecule has 1 atom stereocenters. The fraction of sp³-hybridized carbons (Fsp3) is 0.700. The third-order valence-corrected chi connectivity index (χ3v) is 2.32. The molecule has 0 aromatic carbocycles. The second-order valence-electron chi connectivity index (χ2n) is 4.18. The van der Waals surface area contributed by atoms with Gasteiger partial charge in [-0.25, -0.2) is 0 Å². The zero-order valence-electron chi connectivity index (χ0n) is 8.05. The van der Waals surface area contributed by atoms with Crippen LogP contribution in [0.3, 0.4) is 0 Å². The molecular formula is C10H17NO. The van der Waals surface area contributed by atoms with Crippen molar-refractivity contribution in [3.63, 3.8) is 0 Å². The largest absolute Gasteiger partial charge is 0.319 e. The summed E-state index contributed by atoms with van der Waals surface area (Å²) in [6.45, 7) is 5.13. The highest BCUT2D eigenvalue weighted by atomic mass is 16.1. The average molecular weight is 167 g/mol. The zero-order chi connectivity index (χ0) is 9.19. The number of nitrogens with one attached hydrogen (secondary N) is 1. The van der Waals surface area contributed by atoms with E-state index in [1.165, 1.54) is 0 Å². The molecule has 0 aromatic rings. The van der Waals surface area contributed by atoms with Crippen molar-refractivity contribution in [2.75, 3.05) is 13.6 Å². The first-order valence-corrected chi connectivity index (χ1v) is 4.43. The lowest BCUT2D eigenvalue weighted by Gasteiger charge is -2.29. The zero-order valence-corrected chi connectivity index (χ0v) is 8.05. The summed E-state index contributed by atoms with van der Waals surface area (Å²) in [5.74, 6) is 0.443. The van der Waals surface area contributed by atoms with Gasteiger partial charge in [0.25, 0.3) is 0 Å². The number of rotatable bonds is 2. The first-order chi connectivity index (χ1) is 5.55. The van der Waals surface area contributed by atoms with Crippen LogP contribution in [0.5, 0.6) is 0 Å². The Morgan fingerprint density at radius 2 is 2.33 bits per heavy atom. The fourth-order valence-electron chi connectivity index (χ4n) is 1.67. The normalized spacial score (nSPS) is 27.6. The van der Waals surface area contributed by atoms with E-state index in [4.69, 9.17) is 0 Å². The van der Waals surface area contributed by atoms with E-state index in [1.54, 1.807) is 6.08 Å². The lowest BCUT2D eigenvalue weighted by atomic mass is 9.76. The second-order valence-corrected chi connectivity index (χ2v) is 4.18. The van der Waals surface area contributed by atoms with E-state index in [2.05, 4.69) is 19.2 Å². The Hall–Kier alpha value is -0.630. The highest BCUT2D eigenvalue weighted by molar-refractivity contribution is 5.92. The van der Waals surface area contributed by atoms with Crippen LogP contribution in [0.4, 0.5) is 0 Å². The summed E-state index contributed by atoms with van der Waals surface area (Å²) in [6.07, 6.45) is 4.70. The van der Waals surface area contributed by atoms with Crippen LogP contribution >= 0.6 is 0 Å². The van der Waals surface area contributed by atoms with Gasteiger partial charge in [-0.3, -0.25) is 4.79 Å². The molecule has 0 saturated heterocycles. The first-order valence-electron chi connectivity index (χ1n) is 4.43. The van der Waals surface area contributed by atoms with Crippen molar-refractivity contribution in [1.29, 1.82) is 0 Å². The van der Waals surface area contributed by atoms with Crippen LogP contribution in [0.1, 0.15) is 20.3 Å². The molecule has 68 valence electrons. The molecule has 2 nitrogen and oxygen atoms in total. The average Bonchev–Trinajstić information content (AvgIpc) is 1.97. The van der Waals surface area contributed by atoms with Gasteiger partial charge >= 0.3 is 0 Å². The second kappa shape index (κ2) is 3.40. The van der Waals surface area contributed by atoms with Crippen molar-refractivity contribution in [3.05, 3.63) is 12.2 Å². The van der Waals surface area contributed by atoms with Crippen LogP contribution in [0, 0.1) is 11.3 Å². The molecule has 1 aliphatic carbocycles. The van der Waals surface area contributed by atoms with E-state index in [0.717, 1.165) is 13.0 Å². The quantitative estimate of drug-likeness (QED) is 0.673. The van der Waals surface area contributed by atoms with Gasteiger partial charge in [-0.1, -0.05) is 19.9 Å². The van der Waals surface area contributed by atoms with Crippen LogP contribution in [-0.2, 0) is 4.79 Å². The van der Waals surface area contributed by atoms with Gasteiger partial charge in [0.2, 0.25) is 0 Å². The molecule has 0 heterocycles. The summed E-state index contributed by atoms with van der Waals surface area (Å²) >= 11 is 0. The molecule has 1 N–H and O–H groups in total. The van der Waals surface area contributed by atoms with E-state index in [-0.39, 0.29) is 17.1 Å². The number of allylic oxidation sites excluding steroid dienone is 2. The van der Waals surface area contributed by atoms with Crippen LogP contribution in [-0.4, -0.2) is 19.4 Å². The molecule has 0 fully saturated rings. The van der Waals surface area contributed by atoms with Gasteiger partial charge in [0, 0.05) is 12.5 Å². The maximum atomic E-state index is 11.3. The Balaban J connectivity index is 2.67. The summed E-state index contributed by atoms with van der Waals surface area (Å²) in [4.78, 5) is 11.3. The van der Waals surface area contributed by atoms with Crippen LogP contribution in [0.25, 0.3) is 0 Å². The van der Waals surface area contributed by atoms with Gasteiger partial charge in [-0.15, -0.1) is 0 Å². The number of hydrogen-bond donors (Lipinski definition) is 1. The lowest BCUT2D eigenvalue weighted by Crippen LogP contribution is -2.32. The van der Waals surface area contributed by atoms with Gasteiger partial charge in [-0.2, -0.15) is 0 Å². The van der Waals surface area contributed by atoms with E-state index in [0.29, 0.717) is 0 Å². The van der Waals surface area contributed by atoms with Gasteiger partial charge in [0.1, 0.15) is 0 Å². The Morgan fingerprint density at radius 3 is 2.92 bits per heavy atom. The van der Waals surface area contributed by atoms with E-state index in [9.17, 15) is 4.79 Å². The highest BCUT2D eigenvalue weighted by Crippen LogP contribution is 2.31. The van der Waals surface area contributed by atoms with Gasteiger partial charge < -0.3 is 5.32 Å². The highest BCUT2D eigenvalue weighted by Gasteiger charge is 2.28. The predicted octanol–water partition coefficient (Wildman–Crippen LogP) is 1.38. The summed E-state index contributed by atoms with van der Waals surface area (Å²) in [6, 6.07) is 0. The summed E-state index contributed by atoms with van der Waals surface area (Å²) in [7, 11) is 1.89. The first kappa shape index (κ1) is 9.46. The van der Waals surface area contributed by atoms with Crippen molar-refractivity contribution in [2.24, 2.45) is 11.3 Å².